The van der Waals surface area contributed by atoms with E-state index in [0.29, 0.717) is 0 Å². The minimum atomic E-state index is -0.0513. The van der Waals surface area contributed by atoms with Crippen LogP contribution < -0.4 is 11.1 Å². The minimum absolute atomic E-state index is 0. The summed E-state index contributed by atoms with van der Waals surface area (Å²) in [4.78, 5) is 2.44. The van der Waals surface area contributed by atoms with Gasteiger partial charge < -0.3 is 16.0 Å². The first-order valence-corrected chi connectivity index (χ1v) is 4.80. The van der Waals surface area contributed by atoms with Gasteiger partial charge in [0, 0.05) is 25.2 Å². The SMILES string of the molecule is CC(C)(N)CN1CCCNCC1.Cl. The van der Waals surface area contributed by atoms with Gasteiger partial charge in [0.2, 0.25) is 0 Å². The second-order valence-electron chi connectivity index (χ2n) is 4.37. The third-order valence-electron chi connectivity index (χ3n) is 2.06. The Hall–Kier alpha value is 0.170. The van der Waals surface area contributed by atoms with E-state index in [0.717, 1.165) is 26.2 Å². The van der Waals surface area contributed by atoms with Crippen molar-refractivity contribution in [3.05, 3.63) is 0 Å². The Bertz CT molecular complexity index is 125. The minimum Gasteiger partial charge on any atom is -0.324 e. The fraction of sp³-hybridized carbons (Fsp3) is 1.00. The van der Waals surface area contributed by atoms with Crippen LogP contribution in [0, 0.1) is 0 Å². The van der Waals surface area contributed by atoms with Crippen LogP contribution >= 0.6 is 12.4 Å². The Labute approximate surface area is 87.5 Å². The summed E-state index contributed by atoms with van der Waals surface area (Å²) < 4.78 is 0. The van der Waals surface area contributed by atoms with E-state index in [9.17, 15) is 0 Å². The summed E-state index contributed by atoms with van der Waals surface area (Å²) in [7, 11) is 0. The Morgan fingerprint density at radius 3 is 2.62 bits per heavy atom. The van der Waals surface area contributed by atoms with Crippen molar-refractivity contribution in [1.82, 2.24) is 10.2 Å². The maximum Gasteiger partial charge on any atom is 0.0226 e. The van der Waals surface area contributed by atoms with E-state index >= 15 is 0 Å². The number of rotatable bonds is 2. The zero-order chi connectivity index (χ0) is 9.03. The molecule has 0 amide bonds. The van der Waals surface area contributed by atoms with Crippen LogP contribution in [0.5, 0.6) is 0 Å². The molecule has 0 aromatic carbocycles. The number of halogens is 1. The molecule has 1 heterocycles. The van der Waals surface area contributed by atoms with Crippen molar-refractivity contribution in [1.29, 1.82) is 0 Å². The lowest BCUT2D eigenvalue weighted by Crippen LogP contribution is -2.46. The van der Waals surface area contributed by atoms with Crippen LogP contribution in [0.2, 0.25) is 0 Å². The lowest BCUT2D eigenvalue weighted by Gasteiger charge is -2.28. The predicted octanol–water partition coefficient (Wildman–Crippen LogP) is 0.441. The predicted molar refractivity (Wildman–Crippen MR) is 59.4 cm³/mol. The zero-order valence-corrected chi connectivity index (χ0v) is 9.49. The first kappa shape index (κ1) is 13.2. The Morgan fingerprint density at radius 1 is 1.31 bits per heavy atom. The average Bonchev–Trinajstić information content (AvgIpc) is 2.12. The highest BCUT2D eigenvalue weighted by molar-refractivity contribution is 5.85. The molecule has 1 fully saturated rings. The normalized spacial score (nSPS) is 20.5. The van der Waals surface area contributed by atoms with Crippen LogP contribution in [0.4, 0.5) is 0 Å². The van der Waals surface area contributed by atoms with Crippen molar-refractivity contribution in [2.75, 3.05) is 32.7 Å². The van der Waals surface area contributed by atoms with Gasteiger partial charge in [0.25, 0.3) is 0 Å². The van der Waals surface area contributed by atoms with Crippen LogP contribution in [0.15, 0.2) is 0 Å². The number of nitrogens with zero attached hydrogens (tertiary/aromatic N) is 1. The summed E-state index contributed by atoms with van der Waals surface area (Å²) in [5.41, 5.74) is 5.90. The molecule has 0 spiro atoms. The molecule has 0 aliphatic carbocycles. The van der Waals surface area contributed by atoms with Gasteiger partial charge in [-0.3, -0.25) is 0 Å². The van der Waals surface area contributed by atoms with Gasteiger partial charge in [-0.2, -0.15) is 0 Å². The van der Waals surface area contributed by atoms with Gasteiger partial charge >= 0.3 is 0 Å². The van der Waals surface area contributed by atoms with Crippen molar-refractivity contribution >= 4 is 12.4 Å². The summed E-state index contributed by atoms with van der Waals surface area (Å²) in [5.74, 6) is 0. The molecule has 13 heavy (non-hydrogen) atoms. The quantitative estimate of drug-likeness (QED) is 0.691. The highest BCUT2D eigenvalue weighted by atomic mass is 35.5. The molecule has 1 aliphatic heterocycles. The molecular weight excluding hydrogens is 186 g/mol. The first-order valence-electron chi connectivity index (χ1n) is 4.80. The Balaban J connectivity index is 0.00000144. The molecule has 0 bridgehead atoms. The monoisotopic (exact) mass is 207 g/mol. The first-order chi connectivity index (χ1) is 5.58. The molecule has 1 saturated heterocycles. The third kappa shape index (κ3) is 6.27. The van der Waals surface area contributed by atoms with Crippen LogP contribution in [-0.2, 0) is 0 Å². The maximum absolute atomic E-state index is 5.96. The Morgan fingerprint density at radius 2 is 2.00 bits per heavy atom. The van der Waals surface area contributed by atoms with E-state index in [-0.39, 0.29) is 17.9 Å². The molecule has 3 nitrogen and oxygen atoms in total. The molecule has 3 N–H and O–H groups in total. The largest absolute Gasteiger partial charge is 0.324 e. The van der Waals surface area contributed by atoms with Crippen molar-refractivity contribution in [3.63, 3.8) is 0 Å². The molecule has 0 unspecified atom stereocenters. The van der Waals surface area contributed by atoms with Crippen LogP contribution in [0.1, 0.15) is 20.3 Å². The molecule has 0 atom stereocenters. The summed E-state index contributed by atoms with van der Waals surface area (Å²) in [5, 5.41) is 3.38. The maximum atomic E-state index is 5.96. The van der Waals surface area contributed by atoms with E-state index in [1.165, 1.54) is 13.0 Å². The number of nitrogens with two attached hydrogens (primary N) is 1. The molecule has 1 aliphatic rings. The number of hydrogen-bond donors (Lipinski definition) is 2. The van der Waals surface area contributed by atoms with Gasteiger partial charge in [-0.25, -0.2) is 0 Å². The standard InChI is InChI=1S/C9H21N3.ClH/c1-9(2,10)8-12-6-3-4-11-5-7-12;/h11H,3-8,10H2,1-2H3;1H. The van der Waals surface area contributed by atoms with E-state index in [4.69, 9.17) is 5.73 Å². The fourth-order valence-electron chi connectivity index (χ4n) is 1.64. The van der Waals surface area contributed by atoms with Gasteiger partial charge in [-0.1, -0.05) is 0 Å². The average molecular weight is 208 g/mol. The van der Waals surface area contributed by atoms with Crippen LogP contribution in [0.25, 0.3) is 0 Å². The van der Waals surface area contributed by atoms with Crippen molar-refractivity contribution < 1.29 is 0 Å². The molecule has 0 aromatic heterocycles. The molecule has 4 heteroatoms. The van der Waals surface area contributed by atoms with Crippen LogP contribution in [0.3, 0.4) is 0 Å². The van der Waals surface area contributed by atoms with E-state index in [1.807, 2.05) is 0 Å². The van der Waals surface area contributed by atoms with E-state index < -0.39 is 0 Å². The Kier molecular flexibility index (Phi) is 5.88. The van der Waals surface area contributed by atoms with Crippen molar-refractivity contribution in [2.45, 2.75) is 25.8 Å². The van der Waals surface area contributed by atoms with E-state index in [1.54, 1.807) is 0 Å². The third-order valence-corrected chi connectivity index (χ3v) is 2.06. The summed E-state index contributed by atoms with van der Waals surface area (Å²) in [6.07, 6.45) is 1.25. The molecule has 80 valence electrons. The highest BCUT2D eigenvalue weighted by Crippen LogP contribution is 2.03. The van der Waals surface area contributed by atoms with Gasteiger partial charge in [-0.15, -0.1) is 12.4 Å². The summed E-state index contributed by atoms with van der Waals surface area (Å²) in [6, 6.07) is 0. The van der Waals surface area contributed by atoms with Gasteiger partial charge in [0.15, 0.2) is 0 Å². The van der Waals surface area contributed by atoms with E-state index in [2.05, 4.69) is 24.1 Å². The van der Waals surface area contributed by atoms with Gasteiger partial charge in [-0.05, 0) is 33.4 Å². The fourth-order valence-corrected chi connectivity index (χ4v) is 1.64. The van der Waals surface area contributed by atoms with Crippen LogP contribution in [-0.4, -0.2) is 43.2 Å². The smallest absolute Gasteiger partial charge is 0.0226 e. The molecule has 0 aromatic rings. The molecular formula is C9H22ClN3. The second kappa shape index (κ2) is 5.81. The molecule has 1 rings (SSSR count). The van der Waals surface area contributed by atoms with Crippen molar-refractivity contribution in [2.24, 2.45) is 5.73 Å². The lowest BCUT2D eigenvalue weighted by molar-refractivity contribution is 0.239. The summed E-state index contributed by atoms with van der Waals surface area (Å²) >= 11 is 0. The van der Waals surface area contributed by atoms with Gasteiger partial charge in [0.05, 0.1) is 0 Å². The zero-order valence-electron chi connectivity index (χ0n) is 8.68. The highest BCUT2D eigenvalue weighted by Gasteiger charge is 2.17. The summed E-state index contributed by atoms with van der Waals surface area (Å²) in [6.45, 7) is 9.77. The molecule has 0 radical (unpaired) electrons. The lowest BCUT2D eigenvalue weighted by atomic mass is 10.1. The van der Waals surface area contributed by atoms with Gasteiger partial charge in [0.1, 0.15) is 0 Å². The topological polar surface area (TPSA) is 41.3 Å². The van der Waals surface area contributed by atoms with Crippen molar-refractivity contribution in [3.8, 4) is 0 Å². The second-order valence-corrected chi connectivity index (χ2v) is 4.37. The number of hydrogen-bond acceptors (Lipinski definition) is 3. The molecule has 0 saturated carbocycles. The number of nitrogens with one attached hydrogen (secondary N) is 1.